The second-order valence-electron chi connectivity index (χ2n) is 7.27. The maximum absolute atomic E-state index is 13.4. The number of rotatable bonds is 6. The number of amides is 1. The maximum atomic E-state index is 13.4. The molecule has 2 aromatic carbocycles. The van der Waals surface area contributed by atoms with Crippen molar-refractivity contribution >= 4 is 21.6 Å². The first-order chi connectivity index (χ1) is 14.9. The number of pyridine rings is 1. The lowest BCUT2D eigenvalue weighted by Gasteiger charge is -2.21. The molecule has 0 spiro atoms. The number of carbonyl (C=O) groups is 1. The van der Waals surface area contributed by atoms with Gasteiger partial charge in [0.25, 0.3) is 15.9 Å². The van der Waals surface area contributed by atoms with Gasteiger partial charge in [0.1, 0.15) is 5.75 Å². The monoisotopic (exact) mass is 437 g/mol. The molecule has 1 amide bonds. The van der Waals surface area contributed by atoms with E-state index < -0.39 is 15.9 Å². The molecule has 0 aliphatic carbocycles. The lowest BCUT2D eigenvalue weighted by atomic mass is 10.1. The van der Waals surface area contributed by atoms with Crippen molar-refractivity contribution in [3.63, 3.8) is 0 Å². The molecule has 0 fully saturated rings. The van der Waals surface area contributed by atoms with Crippen molar-refractivity contribution in [3.8, 4) is 5.75 Å². The van der Waals surface area contributed by atoms with Gasteiger partial charge in [0.15, 0.2) is 0 Å². The normalized spacial score (nSPS) is 14.1. The number of sulfonamides is 1. The summed E-state index contributed by atoms with van der Waals surface area (Å²) in [5.41, 5.74) is 2.51. The summed E-state index contributed by atoms with van der Waals surface area (Å²) in [5.74, 6) is -0.139. The van der Waals surface area contributed by atoms with Crippen molar-refractivity contribution < 1.29 is 17.9 Å². The van der Waals surface area contributed by atoms with Gasteiger partial charge in [-0.2, -0.15) is 0 Å². The van der Waals surface area contributed by atoms with Gasteiger partial charge in [0.05, 0.1) is 35.0 Å². The number of hydrogen-bond donors (Lipinski definition) is 1. The molecule has 0 radical (unpaired) electrons. The molecule has 7 nitrogen and oxygen atoms in total. The first-order valence-corrected chi connectivity index (χ1v) is 11.4. The molecular formula is C23H23N3O4S. The Balaban J connectivity index is 1.65. The summed E-state index contributed by atoms with van der Waals surface area (Å²) in [4.78, 5) is 17.3. The van der Waals surface area contributed by atoms with E-state index in [0.717, 1.165) is 5.56 Å². The van der Waals surface area contributed by atoms with Gasteiger partial charge < -0.3 is 10.1 Å². The first kappa shape index (κ1) is 20.9. The van der Waals surface area contributed by atoms with Crippen LogP contribution in [0.1, 0.15) is 34.6 Å². The third-order valence-electron chi connectivity index (χ3n) is 5.33. The van der Waals surface area contributed by atoms with Crippen molar-refractivity contribution in [2.24, 2.45) is 0 Å². The molecule has 31 heavy (non-hydrogen) atoms. The van der Waals surface area contributed by atoms with Gasteiger partial charge in [-0.05, 0) is 55.3 Å². The Hall–Kier alpha value is -3.39. The largest absolute Gasteiger partial charge is 0.496 e. The Morgan fingerprint density at radius 1 is 1.13 bits per heavy atom. The highest BCUT2D eigenvalue weighted by atomic mass is 32.2. The van der Waals surface area contributed by atoms with Crippen molar-refractivity contribution in [3.05, 3.63) is 83.7 Å². The van der Waals surface area contributed by atoms with E-state index in [1.165, 1.54) is 29.6 Å². The minimum Gasteiger partial charge on any atom is -0.496 e. The van der Waals surface area contributed by atoms with Crippen LogP contribution in [0.4, 0.5) is 5.69 Å². The number of benzene rings is 2. The number of para-hydroxylation sites is 1. The molecule has 160 valence electrons. The Bertz CT molecular complexity index is 1210. The fraction of sp³-hybridized carbons (Fsp3) is 0.217. The van der Waals surface area contributed by atoms with Crippen molar-refractivity contribution in [2.45, 2.75) is 24.3 Å². The third kappa shape index (κ3) is 3.98. The lowest BCUT2D eigenvalue weighted by Crippen LogP contribution is -2.30. The van der Waals surface area contributed by atoms with Crippen LogP contribution < -0.4 is 14.4 Å². The van der Waals surface area contributed by atoms with Crippen LogP contribution in [0.2, 0.25) is 0 Å². The minimum atomic E-state index is -3.83. The standard InChI is InChI=1S/C23H23N3O4S/c1-16(20-8-5-6-13-24-20)25-23(27)19-15-18(10-11-22(19)30-2)31(28,29)26-14-12-17-7-3-4-9-21(17)26/h3-11,13,15-16H,12,14H2,1-2H3,(H,25,27). The summed E-state index contributed by atoms with van der Waals surface area (Å²) in [6.07, 6.45) is 2.31. The van der Waals surface area contributed by atoms with Gasteiger partial charge >= 0.3 is 0 Å². The third-order valence-corrected chi connectivity index (χ3v) is 7.14. The number of aromatic nitrogens is 1. The molecule has 0 saturated carbocycles. The number of anilines is 1. The van der Waals surface area contributed by atoms with Gasteiger partial charge in [-0.1, -0.05) is 24.3 Å². The zero-order chi connectivity index (χ0) is 22.0. The van der Waals surface area contributed by atoms with E-state index in [4.69, 9.17) is 4.74 Å². The van der Waals surface area contributed by atoms with Crippen LogP contribution in [-0.2, 0) is 16.4 Å². The summed E-state index contributed by atoms with van der Waals surface area (Å²) in [5, 5.41) is 2.86. The topological polar surface area (TPSA) is 88.6 Å². The predicted octanol–water partition coefficient (Wildman–Crippen LogP) is 3.33. The Labute approximate surface area is 181 Å². The van der Waals surface area contributed by atoms with Crippen molar-refractivity contribution in [1.82, 2.24) is 10.3 Å². The molecule has 1 unspecified atom stereocenters. The first-order valence-electron chi connectivity index (χ1n) is 9.92. The van der Waals surface area contributed by atoms with Gasteiger partial charge in [-0.25, -0.2) is 8.42 Å². The number of methoxy groups -OCH3 is 1. The van der Waals surface area contributed by atoms with Gasteiger partial charge in [0.2, 0.25) is 0 Å². The predicted molar refractivity (Wildman–Crippen MR) is 118 cm³/mol. The van der Waals surface area contributed by atoms with E-state index >= 15 is 0 Å². The van der Waals surface area contributed by atoms with Crippen molar-refractivity contribution in [1.29, 1.82) is 0 Å². The zero-order valence-corrected chi connectivity index (χ0v) is 18.1. The summed E-state index contributed by atoms with van der Waals surface area (Å²) < 4.78 is 33.4. The average molecular weight is 438 g/mol. The average Bonchev–Trinajstić information content (AvgIpc) is 3.24. The Kier molecular flexibility index (Phi) is 5.65. The minimum absolute atomic E-state index is 0.0423. The van der Waals surface area contributed by atoms with Gasteiger partial charge in [-0.3, -0.25) is 14.1 Å². The molecular weight excluding hydrogens is 414 g/mol. The van der Waals surface area contributed by atoms with Crippen LogP contribution in [0.5, 0.6) is 5.75 Å². The number of ether oxygens (including phenoxy) is 1. The Morgan fingerprint density at radius 2 is 1.90 bits per heavy atom. The number of hydrogen-bond acceptors (Lipinski definition) is 5. The molecule has 2 heterocycles. The second kappa shape index (κ2) is 8.39. The van der Waals surface area contributed by atoms with Crippen molar-refractivity contribution in [2.75, 3.05) is 18.0 Å². The van der Waals surface area contributed by atoms with Crippen LogP contribution in [0.15, 0.2) is 71.8 Å². The molecule has 1 aliphatic rings. The number of nitrogens with zero attached hydrogens (tertiary/aromatic N) is 2. The molecule has 0 bridgehead atoms. The van der Waals surface area contributed by atoms with E-state index in [2.05, 4.69) is 10.3 Å². The van der Waals surface area contributed by atoms with E-state index in [9.17, 15) is 13.2 Å². The van der Waals surface area contributed by atoms with Crippen LogP contribution in [0.3, 0.4) is 0 Å². The van der Waals surface area contributed by atoms with E-state index in [1.54, 1.807) is 18.3 Å². The number of nitrogens with one attached hydrogen (secondary N) is 1. The number of carbonyl (C=O) groups excluding carboxylic acids is 1. The highest BCUT2D eigenvalue weighted by Gasteiger charge is 2.31. The van der Waals surface area contributed by atoms with E-state index in [1.807, 2.05) is 37.3 Å². The molecule has 8 heteroatoms. The quantitative estimate of drug-likeness (QED) is 0.639. The zero-order valence-electron chi connectivity index (χ0n) is 17.3. The maximum Gasteiger partial charge on any atom is 0.264 e. The Morgan fingerprint density at radius 3 is 2.65 bits per heavy atom. The van der Waals surface area contributed by atoms with E-state index in [0.29, 0.717) is 30.1 Å². The molecule has 3 aromatic rings. The SMILES string of the molecule is COc1ccc(S(=O)(=O)N2CCc3ccccc32)cc1C(=O)NC(C)c1ccccn1. The summed E-state index contributed by atoms with van der Waals surface area (Å²) in [6.45, 7) is 2.18. The smallest absolute Gasteiger partial charge is 0.264 e. The summed E-state index contributed by atoms with van der Waals surface area (Å²) in [6, 6.07) is 16.9. The van der Waals surface area contributed by atoms with E-state index in [-0.39, 0.29) is 16.5 Å². The van der Waals surface area contributed by atoms with Crippen LogP contribution >= 0.6 is 0 Å². The number of fused-ring (bicyclic) bond motifs is 1. The second-order valence-corrected chi connectivity index (χ2v) is 9.13. The fourth-order valence-electron chi connectivity index (χ4n) is 3.69. The van der Waals surface area contributed by atoms with Crippen LogP contribution in [-0.4, -0.2) is 33.0 Å². The molecule has 0 saturated heterocycles. The van der Waals surface area contributed by atoms with Gasteiger partial charge in [-0.15, -0.1) is 0 Å². The summed E-state index contributed by atoms with van der Waals surface area (Å²) in [7, 11) is -2.38. The highest BCUT2D eigenvalue weighted by molar-refractivity contribution is 7.92. The molecule has 1 atom stereocenters. The molecule has 1 aliphatic heterocycles. The summed E-state index contributed by atoms with van der Waals surface area (Å²) >= 11 is 0. The molecule has 4 rings (SSSR count). The van der Waals surface area contributed by atoms with Crippen LogP contribution in [0, 0.1) is 0 Å². The van der Waals surface area contributed by atoms with Crippen LogP contribution in [0.25, 0.3) is 0 Å². The fourth-order valence-corrected chi connectivity index (χ4v) is 5.22. The lowest BCUT2D eigenvalue weighted by molar-refractivity contribution is 0.0936. The molecule has 1 N–H and O–H groups in total. The highest BCUT2D eigenvalue weighted by Crippen LogP contribution is 2.34. The van der Waals surface area contributed by atoms with Gasteiger partial charge in [0, 0.05) is 12.7 Å². The molecule has 1 aromatic heterocycles.